The molecule has 1 aromatic rings. The summed E-state index contributed by atoms with van der Waals surface area (Å²) in [6, 6.07) is 0. The van der Waals surface area contributed by atoms with Crippen molar-refractivity contribution in [1.29, 1.82) is 0 Å². The van der Waals surface area contributed by atoms with Crippen LogP contribution in [0.15, 0.2) is 5.38 Å². The molecule has 0 aromatic carbocycles. The van der Waals surface area contributed by atoms with E-state index in [0.717, 1.165) is 10.8 Å². The van der Waals surface area contributed by atoms with Crippen molar-refractivity contribution in [1.82, 2.24) is 4.98 Å². The topological polar surface area (TPSA) is 62.2 Å². The Morgan fingerprint density at radius 3 is 2.38 bits per heavy atom. The molecule has 0 bridgehead atoms. The molecule has 1 aromatic heterocycles. The van der Waals surface area contributed by atoms with Crippen molar-refractivity contribution < 1.29 is 9.90 Å². The van der Waals surface area contributed by atoms with Gasteiger partial charge in [0.15, 0.2) is 5.13 Å². The number of anilines is 1. The van der Waals surface area contributed by atoms with E-state index >= 15 is 0 Å². The Labute approximate surface area is 99.7 Å². The predicted molar refractivity (Wildman–Crippen MR) is 66.0 cm³/mol. The minimum atomic E-state index is -0.868. The van der Waals surface area contributed by atoms with E-state index < -0.39 is 16.9 Å². The second-order valence-electron chi connectivity index (χ2n) is 4.97. The van der Waals surface area contributed by atoms with Crippen molar-refractivity contribution in [2.45, 2.75) is 40.2 Å². The van der Waals surface area contributed by atoms with E-state index in [1.165, 1.54) is 11.3 Å². The van der Waals surface area contributed by atoms with E-state index in [0.29, 0.717) is 0 Å². The lowest BCUT2D eigenvalue weighted by Gasteiger charge is -2.38. The van der Waals surface area contributed by atoms with Gasteiger partial charge in [0.1, 0.15) is 0 Å². The van der Waals surface area contributed by atoms with E-state index in [9.17, 15) is 9.90 Å². The van der Waals surface area contributed by atoms with E-state index in [1.54, 1.807) is 13.8 Å². The minimum Gasteiger partial charge on any atom is -0.481 e. The van der Waals surface area contributed by atoms with Gasteiger partial charge in [0.05, 0.1) is 11.1 Å². The summed E-state index contributed by atoms with van der Waals surface area (Å²) >= 11 is 1.49. The normalized spacial score (nSPS) is 12.6. The summed E-state index contributed by atoms with van der Waals surface area (Å²) in [5.74, 6) is -0.821. The molecule has 0 aliphatic rings. The van der Waals surface area contributed by atoms with Gasteiger partial charge in [0.25, 0.3) is 0 Å². The molecule has 0 saturated heterocycles. The summed E-state index contributed by atoms with van der Waals surface area (Å²) in [5.41, 5.74) is -0.494. The van der Waals surface area contributed by atoms with E-state index in [2.05, 4.69) is 10.3 Å². The van der Waals surface area contributed by atoms with Crippen LogP contribution in [0.2, 0.25) is 0 Å². The molecule has 0 saturated carbocycles. The Hall–Kier alpha value is -1.10. The second kappa shape index (κ2) is 4.05. The zero-order valence-electron chi connectivity index (χ0n) is 10.3. The van der Waals surface area contributed by atoms with Crippen LogP contribution in [0.3, 0.4) is 0 Å². The molecule has 0 spiro atoms. The number of aryl methyl sites for hydroxylation is 1. The number of hydrogen-bond donors (Lipinski definition) is 2. The largest absolute Gasteiger partial charge is 0.481 e. The molecule has 0 unspecified atom stereocenters. The van der Waals surface area contributed by atoms with Crippen molar-refractivity contribution in [3.63, 3.8) is 0 Å². The summed E-state index contributed by atoms with van der Waals surface area (Å²) < 4.78 is 0. The maximum absolute atomic E-state index is 11.2. The van der Waals surface area contributed by atoms with Crippen LogP contribution in [0.25, 0.3) is 0 Å². The molecule has 5 heteroatoms. The van der Waals surface area contributed by atoms with Crippen molar-refractivity contribution in [3.05, 3.63) is 11.1 Å². The third-order valence-electron chi connectivity index (χ3n) is 3.14. The van der Waals surface area contributed by atoms with Gasteiger partial charge >= 0.3 is 5.97 Å². The fourth-order valence-electron chi connectivity index (χ4n) is 1.10. The van der Waals surface area contributed by atoms with Crippen LogP contribution in [-0.2, 0) is 4.79 Å². The number of hydrogen-bond acceptors (Lipinski definition) is 4. The quantitative estimate of drug-likeness (QED) is 0.852. The van der Waals surface area contributed by atoms with Crippen LogP contribution >= 0.6 is 11.3 Å². The highest BCUT2D eigenvalue weighted by Gasteiger charge is 2.43. The van der Waals surface area contributed by atoms with E-state index in [4.69, 9.17) is 0 Å². The fraction of sp³-hybridized carbons (Fsp3) is 0.636. The number of rotatable bonds is 4. The first kappa shape index (κ1) is 13.0. The molecule has 2 N–H and O–H groups in total. The average molecular weight is 242 g/mol. The summed E-state index contributed by atoms with van der Waals surface area (Å²) in [6.45, 7) is 9.08. The van der Waals surface area contributed by atoms with Crippen molar-refractivity contribution in [2.75, 3.05) is 5.32 Å². The van der Waals surface area contributed by atoms with Crippen LogP contribution in [0, 0.1) is 12.3 Å². The first-order valence-corrected chi connectivity index (χ1v) is 5.98. The highest BCUT2D eigenvalue weighted by molar-refractivity contribution is 7.13. The van der Waals surface area contributed by atoms with Gasteiger partial charge in [0.2, 0.25) is 0 Å². The lowest BCUT2D eigenvalue weighted by atomic mass is 9.74. The molecule has 90 valence electrons. The number of thiazole rings is 1. The van der Waals surface area contributed by atoms with Gasteiger partial charge in [-0.25, -0.2) is 4.98 Å². The molecule has 0 radical (unpaired) electrons. The van der Waals surface area contributed by atoms with E-state index in [1.807, 2.05) is 26.2 Å². The molecule has 0 aliphatic carbocycles. The van der Waals surface area contributed by atoms with Crippen LogP contribution < -0.4 is 5.32 Å². The maximum Gasteiger partial charge on any atom is 0.311 e. The van der Waals surface area contributed by atoms with Gasteiger partial charge in [-0.3, -0.25) is 4.79 Å². The molecular weight excluding hydrogens is 224 g/mol. The molecule has 16 heavy (non-hydrogen) atoms. The first-order chi connectivity index (χ1) is 7.17. The third kappa shape index (κ3) is 2.35. The molecule has 0 aliphatic heterocycles. The van der Waals surface area contributed by atoms with Gasteiger partial charge in [-0.2, -0.15) is 0 Å². The number of nitrogens with one attached hydrogen (secondary N) is 1. The lowest BCUT2D eigenvalue weighted by molar-refractivity contribution is -0.149. The lowest BCUT2D eigenvalue weighted by Crippen LogP contribution is -2.50. The van der Waals surface area contributed by atoms with Gasteiger partial charge in [-0.1, -0.05) is 0 Å². The summed E-state index contributed by atoms with van der Waals surface area (Å²) in [5, 5.41) is 15.1. The van der Waals surface area contributed by atoms with Gasteiger partial charge in [0, 0.05) is 10.9 Å². The summed E-state index contributed by atoms with van der Waals surface area (Å²) in [7, 11) is 0. The molecule has 1 rings (SSSR count). The smallest absolute Gasteiger partial charge is 0.311 e. The number of carbonyl (C=O) groups is 1. The van der Waals surface area contributed by atoms with Crippen molar-refractivity contribution >= 4 is 22.4 Å². The highest BCUT2D eigenvalue weighted by atomic mass is 32.1. The maximum atomic E-state index is 11.2. The fourth-order valence-corrected chi connectivity index (χ4v) is 1.95. The third-order valence-corrected chi connectivity index (χ3v) is 4.01. The summed E-state index contributed by atoms with van der Waals surface area (Å²) in [6.07, 6.45) is 0. The number of carboxylic acid groups (broad SMARTS) is 1. The SMILES string of the molecule is Cc1csc(NC(C)(C)C(C)(C)C(=O)O)n1. The van der Waals surface area contributed by atoms with E-state index in [-0.39, 0.29) is 0 Å². The number of carboxylic acids is 1. The van der Waals surface area contributed by atoms with Gasteiger partial charge in [-0.15, -0.1) is 11.3 Å². The first-order valence-electron chi connectivity index (χ1n) is 5.10. The number of aliphatic carboxylic acids is 1. The van der Waals surface area contributed by atoms with Gasteiger partial charge in [-0.05, 0) is 34.6 Å². The standard InChI is InChI=1S/C11H18N2O2S/c1-7-6-16-9(12-7)13-11(4,5)10(2,3)8(14)15/h6H,1-5H3,(H,12,13)(H,14,15). The zero-order valence-corrected chi connectivity index (χ0v) is 11.1. The number of nitrogens with zero attached hydrogens (tertiary/aromatic N) is 1. The molecule has 0 atom stereocenters. The molecular formula is C11H18N2O2S. The van der Waals surface area contributed by atoms with Crippen molar-refractivity contribution in [2.24, 2.45) is 5.41 Å². The van der Waals surface area contributed by atoms with Gasteiger partial charge < -0.3 is 10.4 Å². The second-order valence-corrected chi connectivity index (χ2v) is 5.83. The number of aromatic nitrogens is 1. The molecule has 4 nitrogen and oxygen atoms in total. The zero-order chi connectivity index (χ0) is 12.6. The minimum absolute atomic E-state index is 0.566. The van der Waals surface area contributed by atoms with Crippen LogP contribution in [0.5, 0.6) is 0 Å². The highest BCUT2D eigenvalue weighted by Crippen LogP contribution is 2.34. The monoisotopic (exact) mass is 242 g/mol. The Bertz CT molecular complexity index is 396. The molecule has 0 fully saturated rings. The van der Waals surface area contributed by atoms with Crippen molar-refractivity contribution in [3.8, 4) is 0 Å². The molecule has 0 amide bonds. The Morgan fingerprint density at radius 2 is 2.00 bits per heavy atom. The van der Waals surface area contributed by atoms with Crippen LogP contribution in [0.1, 0.15) is 33.4 Å². The Balaban J connectivity index is 2.90. The Morgan fingerprint density at radius 1 is 1.44 bits per heavy atom. The molecule has 1 heterocycles. The predicted octanol–water partition coefficient (Wildman–Crippen LogP) is 2.75. The van der Waals surface area contributed by atoms with Crippen LogP contribution in [0.4, 0.5) is 5.13 Å². The Kier molecular flexibility index (Phi) is 3.28. The van der Waals surface area contributed by atoms with Crippen LogP contribution in [-0.4, -0.2) is 21.6 Å². The average Bonchev–Trinajstić information content (AvgIpc) is 2.49. The summed E-state index contributed by atoms with van der Waals surface area (Å²) in [4.78, 5) is 15.5.